The molecule has 0 unspecified atom stereocenters. The molecule has 0 aromatic heterocycles. The summed E-state index contributed by atoms with van der Waals surface area (Å²) in [6.45, 7) is 2.06. The highest BCUT2D eigenvalue weighted by atomic mass is 14.0. The molecule has 1 aliphatic heterocycles. The van der Waals surface area contributed by atoms with Crippen LogP contribution in [0, 0.1) is 0 Å². The lowest BCUT2D eigenvalue weighted by atomic mass is 9.67. The Bertz CT molecular complexity index is 134. The van der Waals surface area contributed by atoms with Gasteiger partial charge in [0, 0.05) is 0 Å². The Kier molecular flexibility index (Phi) is 2.63. The Morgan fingerprint density at radius 2 is 2.56 bits per heavy atom. The fourth-order valence-electron chi connectivity index (χ4n) is 1.10. The Hall–Kier alpha value is -0.455. The van der Waals surface area contributed by atoms with Gasteiger partial charge in [0.2, 0.25) is 0 Å². The summed E-state index contributed by atoms with van der Waals surface area (Å²) in [4.78, 5) is 0. The first-order chi connectivity index (χ1) is 4.43. The summed E-state index contributed by atoms with van der Waals surface area (Å²) < 4.78 is 0. The second kappa shape index (κ2) is 3.55. The first-order valence-electron chi connectivity index (χ1n) is 3.58. The molecule has 0 bridgehead atoms. The summed E-state index contributed by atoms with van der Waals surface area (Å²) in [6.07, 6.45) is 8.15. The van der Waals surface area contributed by atoms with Crippen LogP contribution >= 0.6 is 0 Å². The van der Waals surface area contributed by atoms with E-state index in [-0.39, 0.29) is 0 Å². The summed E-state index contributed by atoms with van der Waals surface area (Å²) >= 11 is 0. The van der Waals surface area contributed by atoms with Gasteiger partial charge in [-0.2, -0.15) is 0 Å². The van der Waals surface area contributed by atoms with Crippen molar-refractivity contribution in [1.29, 1.82) is 0 Å². The van der Waals surface area contributed by atoms with E-state index in [2.05, 4.69) is 32.3 Å². The average Bonchev–Trinajstić information content (AvgIpc) is 1.91. The van der Waals surface area contributed by atoms with Crippen LogP contribution in [0.5, 0.6) is 0 Å². The predicted octanol–water partition coefficient (Wildman–Crippen LogP) is 2.36. The van der Waals surface area contributed by atoms with Gasteiger partial charge in [0.1, 0.15) is 7.28 Å². The third kappa shape index (κ3) is 2.09. The van der Waals surface area contributed by atoms with Gasteiger partial charge in [-0.15, -0.1) is 5.98 Å². The maximum Gasteiger partial charge on any atom is 0.141 e. The van der Waals surface area contributed by atoms with Crippen molar-refractivity contribution in [3.05, 3.63) is 23.7 Å². The fraction of sp³-hybridized carbons (Fsp3) is 0.500. The molecule has 1 heterocycles. The molecule has 0 spiro atoms. The molecule has 47 valence electrons. The minimum Gasteiger partial charge on any atom is -0.120 e. The molecule has 0 aliphatic carbocycles. The minimum atomic E-state index is 1.26. The van der Waals surface area contributed by atoms with Gasteiger partial charge in [0.05, 0.1) is 0 Å². The molecule has 0 amide bonds. The molecule has 0 fully saturated rings. The topological polar surface area (TPSA) is 0 Å². The third-order valence-corrected chi connectivity index (χ3v) is 1.55. The van der Waals surface area contributed by atoms with Crippen LogP contribution in [0.15, 0.2) is 23.7 Å². The molecular formula is C8H12B. The molecule has 0 aromatic rings. The van der Waals surface area contributed by atoms with E-state index in [4.69, 9.17) is 0 Å². The van der Waals surface area contributed by atoms with Gasteiger partial charge in [-0.1, -0.05) is 30.5 Å². The zero-order valence-electron chi connectivity index (χ0n) is 5.93. The zero-order valence-corrected chi connectivity index (χ0v) is 5.93. The van der Waals surface area contributed by atoms with Gasteiger partial charge >= 0.3 is 0 Å². The summed E-state index contributed by atoms with van der Waals surface area (Å²) in [6, 6.07) is 0. The van der Waals surface area contributed by atoms with Gasteiger partial charge in [0.25, 0.3) is 0 Å². The number of allylic oxidation sites excluding steroid dienone is 3. The highest BCUT2D eigenvalue weighted by Crippen LogP contribution is 2.13. The predicted molar refractivity (Wildman–Crippen MR) is 42.7 cm³/mol. The molecule has 0 nitrogen and oxygen atoms in total. The van der Waals surface area contributed by atoms with Crippen LogP contribution in [0.4, 0.5) is 0 Å². The molecule has 0 aromatic carbocycles. The lowest BCUT2D eigenvalue weighted by molar-refractivity contribution is 0.908. The van der Waals surface area contributed by atoms with E-state index < -0.39 is 0 Å². The summed E-state index contributed by atoms with van der Waals surface area (Å²) in [5, 5.41) is 0. The molecule has 1 rings (SSSR count). The molecule has 0 saturated heterocycles. The van der Waals surface area contributed by atoms with Gasteiger partial charge in [-0.3, -0.25) is 0 Å². The Morgan fingerprint density at radius 3 is 3.11 bits per heavy atom. The number of hydrogen-bond acceptors (Lipinski definition) is 0. The first-order valence-corrected chi connectivity index (χ1v) is 3.58. The standard InChI is InChI=1S/C8H12B/c1-2-4-8-5-3-6-9-7-8/h2,4,7H,3,5-6H2,1H3/b4-2-. The molecule has 0 saturated carbocycles. The van der Waals surface area contributed by atoms with Crippen LogP contribution in [0.3, 0.4) is 0 Å². The molecular weight excluding hydrogens is 107 g/mol. The molecule has 0 atom stereocenters. The second-order valence-corrected chi connectivity index (χ2v) is 2.37. The Labute approximate surface area is 57.9 Å². The zero-order chi connectivity index (χ0) is 6.53. The van der Waals surface area contributed by atoms with Crippen molar-refractivity contribution < 1.29 is 0 Å². The lowest BCUT2D eigenvalue weighted by Gasteiger charge is -2.06. The number of hydrogen-bond donors (Lipinski definition) is 0. The lowest BCUT2D eigenvalue weighted by Crippen LogP contribution is -1.95. The molecule has 1 radical (unpaired) electrons. The van der Waals surface area contributed by atoms with Crippen molar-refractivity contribution in [2.24, 2.45) is 0 Å². The quantitative estimate of drug-likeness (QED) is 0.464. The summed E-state index contributed by atoms with van der Waals surface area (Å²) in [5.41, 5.74) is 1.48. The normalized spacial score (nSPS) is 19.4. The largest absolute Gasteiger partial charge is 0.141 e. The van der Waals surface area contributed by atoms with Crippen molar-refractivity contribution in [2.75, 3.05) is 0 Å². The third-order valence-electron chi connectivity index (χ3n) is 1.55. The van der Waals surface area contributed by atoms with Crippen molar-refractivity contribution in [2.45, 2.75) is 26.1 Å². The first kappa shape index (κ1) is 6.66. The Balaban J connectivity index is 2.46. The monoisotopic (exact) mass is 119 g/mol. The number of rotatable bonds is 1. The van der Waals surface area contributed by atoms with Crippen LogP contribution in [-0.4, -0.2) is 7.28 Å². The van der Waals surface area contributed by atoms with Gasteiger partial charge < -0.3 is 0 Å². The highest BCUT2D eigenvalue weighted by molar-refractivity contribution is 6.42. The Morgan fingerprint density at radius 1 is 1.67 bits per heavy atom. The molecule has 9 heavy (non-hydrogen) atoms. The fourth-order valence-corrected chi connectivity index (χ4v) is 1.10. The van der Waals surface area contributed by atoms with E-state index in [1.54, 1.807) is 0 Å². The highest BCUT2D eigenvalue weighted by Gasteiger charge is 1.98. The van der Waals surface area contributed by atoms with E-state index in [9.17, 15) is 0 Å². The SMILES string of the molecule is C/C=C\C1=C[B]CCC1. The second-order valence-electron chi connectivity index (χ2n) is 2.37. The van der Waals surface area contributed by atoms with Crippen LogP contribution in [-0.2, 0) is 0 Å². The van der Waals surface area contributed by atoms with E-state index >= 15 is 0 Å². The summed E-state index contributed by atoms with van der Waals surface area (Å²) in [5.74, 6) is 2.23. The average molecular weight is 119 g/mol. The maximum atomic E-state index is 2.25. The van der Waals surface area contributed by atoms with Crippen molar-refractivity contribution >= 4 is 7.28 Å². The van der Waals surface area contributed by atoms with E-state index in [0.29, 0.717) is 0 Å². The van der Waals surface area contributed by atoms with Crippen molar-refractivity contribution in [1.82, 2.24) is 0 Å². The van der Waals surface area contributed by atoms with Gasteiger partial charge in [0.15, 0.2) is 0 Å². The van der Waals surface area contributed by atoms with Crippen LogP contribution in [0.1, 0.15) is 19.8 Å². The van der Waals surface area contributed by atoms with Crippen molar-refractivity contribution in [3.63, 3.8) is 0 Å². The van der Waals surface area contributed by atoms with Crippen LogP contribution in [0.25, 0.3) is 0 Å². The van der Waals surface area contributed by atoms with Gasteiger partial charge in [-0.25, -0.2) is 0 Å². The van der Waals surface area contributed by atoms with Crippen molar-refractivity contribution in [3.8, 4) is 0 Å². The molecule has 0 N–H and O–H groups in total. The van der Waals surface area contributed by atoms with E-state index in [1.165, 1.54) is 24.7 Å². The van der Waals surface area contributed by atoms with E-state index in [1.807, 2.05) is 0 Å². The smallest absolute Gasteiger partial charge is 0.120 e. The van der Waals surface area contributed by atoms with Crippen LogP contribution < -0.4 is 0 Å². The minimum absolute atomic E-state index is 1.26. The molecule has 1 aliphatic rings. The molecule has 1 heteroatoms. The van der Waals surface area contributed by atoms with Gasteiger partial charge in [-0.05, 0) is 13.3 Å². The van der Waals surface area contributed by atoms with Crippen LogP contribution in [0.2, 0.25) is 6.32 Å². The maximum absolute atomic E-state index is 2.25. The van der Waals surface area contributed by atoms with E-state index in [0.717, 1.165) is 0 Å². The summed E-state index contributed by atoms with van der Waals surface area (Å²) in [7, 11) is 2.25.